The molecule has 0 fully saturated rings. The molecule has 0 bridgehead atoms. The predicted molar refractivity (Wildman–Crippen MR) is 74.9 cm³/mol. The number of hydrogen-bond acceptors (Lipinski definition) is 6. The standard InChI is InChI=1S/C11H16ClN5O3/c1-4-16(5-2)8(18)6-13-10-9(17(19)20)7(3)14-11(12)15-10/h4-6H2,1-3H3,(H,13,14,15). The van der Waals surface area contributed by atoms with Gasteiger partial charge in [0, 0.05) is 13.1 Å². The number of halogens is 1. The minimum absolute atomic E-state index is 0.0481. The molecule has 9 heteroatoms. The van der Waals surface area contributed by atoms with Gasteiger partial charge in [0.05, 0.1) is 11.5 Å². The van der Waals surface area contributed by atoms with Crippen molar-refractivity contribution in [3.63, 3.8) is 0 Å². The van der Waals surface area contributed by atoms with Gasteiger partial charge in [0.1, 0.15) is 5.69 Å². The molecular weight excluding hydrogens is 286 g/mol. The van der Waals surface area contributed by atoms with Crippen molar-refractivity contribution in [2.24, 2.45) is 0 Å². The van der Waals surface area contributed by atoms with Gasteiger partial charge in [-0.2, -0.15) is 4.98 Å². The molecule has 0 unspecified atom stereocenters. The summed E-state index contributed by atoms with van der Waals surface area (Å²) in [5, 5.41) is 13.5. The lowest BCUT2D eigenvalue weighted by atomic mass is 10.3. The summed E-state index contributed by atoms with van der Waals surface area (Å²) in [6, 6.07) is 0. The predicted octanol–water partition coefficient (Wildman–Crippen LogP) is 1.63. The SMILES string of the molecule is CCN(CC)C(=O)CNc1nc(Cl)nc(C)c1[N+](=O)[O-]. The second-order valence-electron chi connectivity index (χ2n) is 3.95. The van der Waals surface area contributed by atoms with Crippen LogP contribution in [0.4, 0.5) is 11.5 Å². The van der Waals surface area contributed by atoms with Crippen LogP contribution in [0.25, 0.3) is 0 Å². The Morgan fingerprint density at radius 2 is 2.00 bits per heavy atom. The monoisotopic (exact) mass is 301 g/mol. The lowest BCUT2D eigenvalue weighted by molar-refractivity contribution is -0.385. The molecule has 1 aromatic heterocycles. The fourth-order valence-corrected chi connectivity index (χ4v) is 1.93. The van der Waals surface area contributed by atoms with Crippen LogP contribution in [-0.4, -0.2) is 45.3 Å². The van der Waals surface area contributed by atoms with Crippen molar-refractivity contribution in [2.75, 3.05) is 25.0 Å². The maximum atomic E-state index is 11.8. The first-order valence-corrected chi connectivity index (χ1v) is 6.48. The van der Waals surface area contributed by atoms with Gasteiger partial charge in [0.2, 0.25) is 17.0 Å². The summed E-state index contributed by atoms with van der Waals surface area (Å²) in [5.74, 6) is -0.218. The quantitative estimate of drug-likeness (QED) is 0.487. The van der Waals surface area contributed by atoms with Gasteiger partial charge in [-0.1, -0.05) is 0 Å². The average Bonchev–Trinajstić information content (AvgIpc) is 2.36. The van der Waals surface area contributed by atoms with Crippen LogP contribution in [0.3, 0.4) is 0 Å². The van der Waals surface area contributed by atoms with Crippen molar-refractivity contribution in [1.82, 2.24) is 14.9 Å². The number of carbonyl (C=O) groups excluding carboxylic acids is 1. The zero-order chi connectivity index (χ0) is 15.3. The van der Waals surface area contributed by atoms with E-state index in [1.807, 2.05) is 13.8 Å². The van der Waals surface area contributed by atoms with Crippen LogP contribution in [0, 0.1) is 17.0 Å². The van der Waals surface area contributed by atoms with Crippen molar-refractivity contribution in [3.8, 4) is 0 Å². The molecule has 0 saturated carbocycles. The number of nitrogens with one attached hydrogen (secondary N) is 1. The summed E-state index contributed by atoms with van der Waals surface area (Å²) in [6.45, 7) is 6.23. The first kappa shape index (κ1) is 16.1. The van der Waals surface area contributed by atoms with Gasteiger partial charge in [0.15, 0.2) is 0 Å². The smallest absolute Gasteiger partial charge is 0.332 e. The van der Waals surface area contributed by atoms with Crippen LogP contribution >= 0.6 is 11.6 Å². The lowest BCUT2D eigenvalue weighted by Gasteiger charge is -2.18. The Balaban J connectivity index is 2.92. The van der Waals surface area contributed by atoms with E-state index >= 15 is 0 Å². The summed E-state index contributed by atoms with van der Waals surface area (Å²) in [6.07, 6.45) is 0. The number of amides is 1. The third-order valence-electron chi connectivity index (χ3n) is 2.74. The summed E-state index contributed by atoms with van der Waals surface area (Å²) >= 11 is 5.68. The minimum Gasteiger partial charge on any atom is -0.355 e. The molecule has 0 aliphatic rings. The highest BCUT2D eigenvalue weighted by molar-refractivity contribution is 6.28. The first-order chi connectivity index (χ1) is 9.40. The van der Waals surface area contributed by atoms with Crippen molar-refractivity contribution in [3.05, 3.63) is 21.1 Å². The van der Waals surface area contributed by atoms with Crippen LogP contribution in [0.5, 0.6) is 0 Å². The van der Waals surface area contributed by atoms with Gasteiger partial charge in [-0.15, -0.1) is 0 Å². The molecule has 20 heavy (non-hydrogen) atoms. The number of nitrogens with zero attached hydrogens (tertiary/aromatic N) is 4. The van der Waals surface area contributed by atoms with Crippen molar-refractivity contribution in [1.29, 1.82) is 0 Å². The number of rotatable bonds is 6. The number of aryl methyl sites for hydroxylation is 1. The summed E-state index contributed by atoms with van der Waals surface area (Å²) < 4.78 is 0. The van der Waals surface area contributed by atoms with Crippen LogP contribution in [0.2, 0.25) is 5.28 Å². The number of aromatic nitrogens is 2. The molecule has 0 aliphatic carbocycles. The molecule has 0 atom stereocenters. The summed E-state index contributed by atoms with van der Waals surface area (Å²) in [4.78, 5) is 31.3. The molecule has 1 amide bonds. The summed E-state index contributed by atoms with van der Waals surface area (Å²) in [5.41, 5.74) is -0.130. The van der Waals surface area contributed by atoms with Crippen LogP contribution in [0.15, 0.2) is 0 Å². The van der Waals surface area contributed by atoms with E-state index in [0.29, 0.717) is 13.1 Å². The first-order valence-electron chi connectivity index (χ1n) is 6.10. The topological polar surface area (TPSA) is 101 Å². The Morgan fingerprint density at radius 3 is 2.50 bits per heavy atom. The third kappa shape index (κ3) is 3.77. The van der Waals surface area contributed by atoms with Gasteiger partial charge in [-0.3, -0.25) is 14.9 Å². The number of hydrogen-bond donors (Lipinski definition) is 1. The number of nitro groups is 1. The number of anilines is 1. The number of likely N-dealkylation sites (N-methyl/N-ethyl adjacent to an activating group) is 1. The molecule has 0 saturated heterocycles. The van der Waals surface area contributed by atoms with E-state index in [9.17, 15) is 14.9 Å². The van der Waals surface area contributed by atoms with E-state index in [-0.39, 0.29) is 34.9 Å². The van der Waals surface area contributed by atoms with Gasteiger partial charge >= 0.3 is 5.69 Å². The molecule has 1 rings (SSSR count). The molecule has 8 nitrogen and oxygen atoms in total. The Hall–Kier alpha value is -1.96. The highest BCUT2D eigenvalue weighted by Gasteiger charge is 2.22. The van der Waals surface area contributed by atoms with Crippen LogP contribution in [0.1, 0.15) is 19.5 Å². The van der Waals surface area contributed by atoms with Crippen molar-refractivity contribution < 1.29 is 9.72 Å². The average molecular weight is 302 g/mol. The van der Waals surface area contributed by atoms with Gasteiger partial charge in [-0.05, 0) is 32.4 Å². The third-order valence-corrected chi connectivity index (χ3v) is 2.91. The van der Waals surface area contributed by atoms with E-state index < -0.39 is 4.92 Å². The van der Waals surface area contributed by atoms with E-state index in [4.69, 9.17) is 11.6 Å². The molecule has 110 valence electrons. The second kappa shape index (κ2) is 6.99. The van der Waals surface area contributed by atoms with E-state index in [1.54, 1.807) is 4.90 Å². The zero-order valence-electron chi connectivity index (χ0n) is 11.5. The highest BCUT2D eigenvalue weighted by Crippen LogP contribution is 2.26. The van der Waals surface area contributed by atoms with Crippen molar-refractivity contribution >= 4 is 29.0 Å². The second-order valence-corrected chi connectivity index (χ2v) is 4.29. The molecular formula is C11H16ClN5O3. The normalized spacial score (nSPS) is 10.2. The zero-order valence-corrected chi connectivity index (χ0v) is 12.3. The maximum absolute atomic E-state index is 11.8. The molecule has 1 heterocycles. The van der Waals surface area contributed by atoms with Crippen LogP contribution < -0.4 is 5.32 Å². The highest BCUT2D eigenvalue weighted by atomic mass is 35.5. The van der Waals surface area contributed by atoms with Gasteiger partial charge < -0.3 is 10.2 Å². The van der Waals surface area contributed by atoms with E-state index in [0.717, 1.165) is 0 Å². The molecule has 0 spiro atoms. The van der Waals surface area contributed by atoms with Crippen LogP contribution in [-0.2, 0) is 4.79 Å². The molecule has 0 aromatic carbocycles. The number of carbonyl (C=O) groups is 1. The fourth-order valence-electron chi connectivity index (χ4n) is 1.72. The summed E-state index contributed by atoms with van der Waals surface area (Å²) in [7, 11) is 0. The van der Waals surface area contributed by atoms with E-state index in [2.05, 4.69) is 15.3 Å². The fraction of sp³-hybridized carbons (Fsp3) is 0.545. The molecule has 0 radical (unpaired) electrons. The lowest BCUT2D eigenvalue weighted by Crippen LogP contribution is -2.35. The Morgan fingerprint density at radius 1 is 1.40 bits per heavy atom. The Kier molecular flexibility index (Phi) is 5.63. The minimum atomic E-state index is -0.601. The van der Waals surface area contributed by atoms with Crippen molar-refractivity contribution in [2.45, 2.75) is 20.8 Å². The van der Waals surface area contributed by atoms with Gasteiger partial charge in [0.25, 0.3) is 0 Å². The van der Waals surface area contributed by atoms with E-state index in [1.165, 1.54) is 6.92 Å². The molecule has 1 aromatic rings. The van der Waals surface area contributed by atoms with Gasteiger partial charge in [-0.25, -0.2) is 4.98 Å². The molecule has 0 aliphatic heterocycles. The Labute approximate surface area is 121 Å². The molecule has 1 N–H and O–H groups in total. The largest absolute Gasteiger partial charge is 0.355 e. The Bertz CT molecular complexity index is 519. The maximum Gasteiger partial charge on any atom is 0.332 e.